The molecule has 0 radical (unpaired) electrons. The summed E-state index contributed by atoms with van der Waals surface area (Å²) in [5.74, 6) is 0.770. The lowest BCUT2D eigenvalue weighted by Gasteiger charge is -2.35. The van der Waals surface area contributed by atoms with Gasteiger partial charge in [0.25, 0.3) is 0 Å². The number of nitrogens with zero attached hydrogens (tertiary/aromatic N) is 2. The maximum Gasteiger partial charge on any atom is 0.237 e. The molecule has 1 fully saturated rings. The molecule has 4 nitrogen and oxygen atoms in total. The van der Waals surface area contributed by atoms with Crippen LogP contribution < -0.4 is 0 Å². The van der Waals surface area contributed by atoms with E-state index >= 15 is 0 Å². The fraction of sp³-hybridized carbons (Fsp3) is 0.588. The molecule has 3 rings (SSSR count). The Bertz CT molecular complexity index is 511. The molecule has 1 aromatic carbocycles. The molecule has 1 saturated carbocycles. The van der Waals surface area contributed by atoms with Crippen LogP contribution in [0.2, 0.25) is 0 Å². The SMILES string of the molecule is CN(CC(=O)N1CCc2ccccc2C1)CC1CC(O)C1. The van der Waals surface area contributed by atoms with Gasteiger partial charge in [-0.1, -0.05) is 24.3 Å². The number of hydrogen-bond acceptors (Lipinski definition) is 3. The molecule has 1 aliphatic carbocycles. The van der Waals surface area contributed by atoms with Gasteiger partial charge in [0.1, 0.15) is 0 Å². The van der Waals surface area contributed by atoms with Crippen LogP contribution in [0, 0.1) is 5.92 Å². The molecule has 4 heteroatoms. The van der Waals surface area contributed by atoms with Crippen LogP contribution >= 0.6 is 0 Å². The highest BCUT2D eigenvalue weighted by molar-refractivity contribution is 5.78. The van der Waals surface area contributed by atoms with E-state index in [4.69, 9.17) is 0 Å². The Morgan fingerprint density at radius 3 is 2.76 bits per heavy atom. The van der Waals surface area contributed by atoms with Crippen molar-refractivity contribution in [2.45, 2.75) is 31.9 Å². The number of fused-ring (bicyclic) bond motifs is 1. The van der Waals surface area contributed by atoms with Crippen molar-refractivity contribution in [2.75, 3.05) is 26.7 Å². The van der Waals surface area contributed by atoms with Crippen LogP contribution in [-0.4, -0.2) is 53.6 Å². The molecule has 21 heavy (non-hydrogen) atoms. The summed E-state index contributed by atoms with van der Waals surface area (Å²) in [5.41, 5.74) is 2.65. The number of aliphatic hydroxyl groups is 1. The summed E-state index contributed by atoms with van der Waals surface area (Å²) in [5, 5.41) is 9.32. The van der Waals surface area contributed by atoms with Gasteiger partial charge in [-0.3, -0.25) is 9.69 Å². The van der Waals surface area contributed by atoms with Crippen LogP contribution in [0.3, 0.4) is 0 Å². The molecule has 1 amide bonds. The maximum absolute atomic E-state index is 12.4. The lowest BCUT2D eigenvalue weighted by Crippen LogP contribution is -2.44. The van der Waals surface area contributed by atoms with Crippen LogP contribution in [0.25, 0.3) is 0 Å². The summed E-state index contributed by atoms with van der Waals surface area (Å²) in [6, 6.07) is 8.39. The summed E-state index contributed by atoms with van der Waals surface area (Å²) in [7, 11) is 2.00. The van der Waals surface area contributed by atoms with E-state index in [-0.39, 0.29) is 12.0 Å². The van der Waals surface area contributed by atoms with Gasteiger partial charge < -0.3 is 10.0 Å². The number of carbonyl (C=O) groups excluding carboxylic acids is 1. The number of benzene rings is 1. The minimum absolute atomic E-state index is 0.113. The van der Waals surface area contributed by atoms with Crippen LogP contribution in [0.4, 0.5) is 0 Å². The van der Waals surface area contributed by atoms with Crippen LogP contribution in [0.1, 0.15) is 24.0 Å². The molecule has 0 saturated heterocycles. The van der Waals surface area contributed by atoms with Gasteiger partial charge in [-0.15, -0.1) is 0 Å². The van der Waals surface area contributed by atoms with Crippen molar-refractivity contribution in [1.82, 2.24) is 9.80 Å². The maximum atomic E-state index is 12.4. The smallest absolute Gasteiger partial charge is 0.237 e. The van der Waals surface area contributed by atoms with Crippen molar-refractivity contribution in [1.29, 1.82) is 0 Å². The molecule has 114 valence electrons. The minimum Gasteiger partial charge on any atom is -0.393 e. The monoisotopic (exact) mass is 288 g/mol. The molecule has 1 N–H and O–H groups in total. The number of carbonyl (C=O) groups is 1. The molecule has 0 spiro atoms. The minimum atomic E-state index is -0.113. The van der Waals surface area contributed by atoms with Gasteiger partial charge in [0.2, 0.25) is 5.91 Å². The number of aliphatic hydroxyl groups excluding tert-OH is 1. The Kier molecular flexibility index (Phi) is 4.27. The molecule has 1 heterocycles. The lowest BCUT2D eigenvalue weighted by molar-refractivity contribution is -0.133. The van der Waals surface area contributed by atoms with E-state index < -0.39 is 0 Å². The first-order valence-corrected chi connectivity index (χ1v) is 7.83. The van der Waals surface area contributed by atoms with Gasteiger partial charge in [0.05, 0.1) is 12.6 Å². The number of likely N-dealkylation sites (N-methyl/N-ethyl adjacent to an activating group) is 1. The number of hydrogen-bond donors (Lipinski definition) is 1. The van der Waals surface area contributed by atoms with E-state index in [0.29, 0.717) is 12.5 Å². The summed E-state index contributed by atoms with van der Waals surface area (Å²) in [6.07, 6.45) is 2.61. The van der Waals surface area contributed by atoms with E-state index in [2.05, 4.69) is 23.1 Å². The van der Waals surface area contributed by atoms with E-state index in [0.717, 1.165) is 38.9 Å². The van der Waals surface area contributed by atoms with Gasteiger partial charge in [-0.05, 0) is 43.4 Å². The predicted molar refractivity (Wildman–Crippen MR) is 81.8 cm³/mol. The first kappa shape index (κ1) is 14.5. The van der Waals surface area contributed by atoms with E-state index in [9.17, 15) is 9.90 Å². The van der Waals surface area contributed by atoms with Gasteiger partial charge in [0.15, 0.2) is 0 Å². The Balaban J connectivity index is 1.50. The van der Waals surface area contributed by atoms with Gasteiger partial charge >= 0.3 is 0 Å². The van der Waals surface area contributed by atoms with E-state index in [1.165, 1.54) is 11.1 Å². The molecule has 0 unspecified atom stereocenters. The molecule has 0 atom stereocenters. The molecule has 1 aromatic rings. The first-order valence-electron chi connectivity index (χ1n) is 7.83. The highest BCUT2D eigenvalue weighted by Crippen LogP contribution is 2.27. The van der Waals surface area contributed by atoms with Crippen LogP contribution in [-0.2, 0) is 17.8 Å². The van der Waals surface area contributed by atoms with Crippen LogP contribution in [0.5, 0.6) is 0 Å². The second kappa shape index (κ2) is 6.16. The van der Waals surface area contributed by atoms with Crippen molar-refractivity contribution in [3.63, 3.8) is 0 Å². The highest BCUT2D eigenvalue weighted by atomic mass is 16.3. The third-order valence-electron chi connectivity index (χ3n) is 4.67. The zero-order valence-electron chi connectivity index (χ0n) is 12.7. The van der Waals surface area contributed by atoms with Crippen molar-refractivity contribution < 1.29 is 9.90 Å². The fourth-order valence-corrected chi connectivity index (χ4v) is 3.39. The zero-order valence-corrected chi connectivity index (χ0v) is 12.7. The number of rotatable bonds is 4. The van der Waals surface area contributed by atoms with Crippen molar-refractivity contribution in [2.24, 2.45) is 5.92 Å². The molecule has 1 aliphatic heterocycles. The Morgan fingerprint density at radius 2 is 2.05 bits per heavy atom. The van der Waals surface area contributed by atoms with Crippen molar-refractivity contribution >= 4 is 5.91 Å². The largest absolute Gasteiger partial charge is 0.393 e. The van der Waals surface area contributed by atoms with Gasteiger partial charge in [-0.25, -0.2) is 0 Å². The van der Waals surface area contributed by atoms with Crippen molar-refractivity contribution in [3.8, 4) is 0 Å². The average Bonchev–Trinajstić information content (AvgIpc) is 2.45. The molecule has 0 aromatic heterocycles. The summed E-state index contributed by atoms with van der Waals surface area (Å²) in [4.78, 5) is 16.5. The van der Waals surface area contributed by atoms with Gasteiger partial charge in [0, 0.05) is 19.6 Å². The third kappa shape index (κ3) is 3.44. The number of amides is 1. The second-order valence-corrected chi connectivity index (χ2v) is 6.52. The van der Waals surface area contributed by atoms with E-state index in [1.54, 1.807) is 0 Å². The second-order valence-electron chi connectivity index (χ2n) is 6.52. The standard InChI is InChI=1S/C17H24N2O2/c1-18(10-13-8-16(20)9-13)12-17(21)19-7-6-14-4-2-3-5-15(14)11-19/h2-5,13,16,20H,6-12H2,1H3. The molecule has 2 aliphatic rings. The summed E-state index contributed by atoms with van der Waals surface area (Å²) < 4.78 is 0. The summed E-state index contributed by atoms with van der Waals surface area (Å²) >= 11 is 0. The van der Waals surface area contributed by atoms with Crippen molar-refractivity contribution in [3.05, 3.63) is 35.4 Å². The summed E-state index contributed by atoms with van der Waals surface area (Å²) in [6.45, 7) is 2.96. The Hall–Kier alpha value is -1.39. The Labute approximate surface area is 126 Å². The molecule has 0 bridgehead atoms. The average molecular weight is 288 g/mol. The highest BCUT2D eigenvalue weighted by Gasteiger charge is 2.29. The van der Waals surface area contributed by atoms with Crippen LogP contribution in [0.15, 0.2) is 24.3 Å². The predicted octanol–water partition coefficient (Wildman–Crippen LogP) is 1.27. The first-order chi connectivity index (χ1) is 10.1. The lowest BCUT2D eigenvalue weighted by atomic mass is 9.82. The topological polar surface area (TPSA) is 43.8 Å². The van der Waals surface area contributed by atoms with Gasteiger partial charge in [-0.2, -0.15) is 0 Å². The fourth-order valence-electron chi connectivity index (χ4n) is 3.39. The zero-order chi connectivity index (χ0) is 14.8. The normalized spacial score (nSPS) is 24.6. The molecular formula is C17H24N2O2. The molecular weight excluding hydrogens is 264 g/mol. The third-order valence-corrected chi connectivity index (χ3v) is 4.67. The Morgan fingerprint density at radius 1 is 1.33 bits per heavy atom. The van der Waals surface area contributed by atoms with E-state index in [1.807, 2.05) is 18.0 Å². The quantitative estimate of drug-likeness (QED) is 0.907.